The zero-order chi connectivity index (χ0) is 14.4. The molecule has 0 bridgehead atoms. The molecule has 1 amide bonds. The third-order valence-electron chi connectivity index (χ3n) is 3.79. The molecule has 0 N–H and O–H groups in total. The molecule has 110 valence electrons. The Labute approximate surface area is 124 Å². The molecule has 2 rings (SSSR count). The minimum absolute atomic E-state index is 0.179. The second-order valence-electron chi connectivity index (χ2n) is 5.23. The predicted octanol–water partition coefficient (Wildman–Crippen LogP) is 2.20. The largest absolute Gasteiger partial charge is 0.379 e. The van der Waals surface area contributed by atoms with E-state index in [1.165, 1.54) is 5.56 Å². The highest BCUT2D eigenvalue weighted by molar-refractivity contribution is 7.99. The van der Waals surface area contributed by atoms with Gasteiger partial charge in [0, 0.05) is 38.3 Å². The van der Waals surface area contributed by atoms with Gasteiger partial charge < -0.3 is 9.64 Å². The molecule has 1 aromatic rings. The highest BCUT2D eigenvalue weighted by Gasteiger charge is 2.28. The van der Waals surface area contributed by atoms with Crippen LogP contribution in [0.3, 0.4) is 0 Å². The summed E-state index contributed by atoms with van der Waals surface area (Å²) in [6.45, 7) is 3.77. The molecule has 0 saturated carbocycles. The van der Waals surface area contributed by atoms with Crippen LogP contribution < -0.4 is 0 Å². The van der Waals surface area contributed by atoms with E-state index in [0.717, 1.165) is 25.3 Å². The number of likely N-dealkylation sites (tertiary alicyclic amines) is 1. The van der Waals surface area contributed by atoms with Crippen LogP contribution in [-0.2, 0) is 15.3 Å². The third-order valence-corrected chi connectivity index (χ3v) is 4.78. The van der Waals surface area contributed by atoms with Crippen molar-refractivity contribution in [3.05, 3.63) is 30.1 Å². The highest BCUT2D eigenvalue weighted by Crippen LogP contribution is 2.20. The summed E-state index contributed by atoms with van der Waals surface area (Å²) in [5.74, 6) is 2.14. The Morgan fingerprint density at radius 3 is 2.95 bits per heavy atom. The second kappa shape index (κ2) is 7.64. The van der Waals surface area contributed by atoms with Crippen molar-refractivity contribution >= 4 is 17.7 Å². The van der Waals surface area contributed by atoms with E-state index in [2.05, 4.69) is 11.9 Å². The summed E-state index contributed by atoms with van der Waals surface area (Å²) >= 11 is 1.66. The molecule has 2 unspecified atom stereocenters. The Morgan fingerprint density at radius 2 is 2.25 bits per heavy atom. The van der Waals surface area contributed by atoms with Gasteiger partial charge in [0.25, 0.3) is 0 Å². The van der Waals surface area contributed by atoms with E-state index in [9.17, 15) is 4.79 Å². The van der Waals surface area contributed by atoms with Crippen molar-refractivity contribution in [3.8, 4) is 0 Å². The number of amides is 1. The lowest BCUT2D eigenvalue weighted by atomic mass is 9.96. The Morgan fingerprint density at radius 1 is 1.50 bits per heavy atom. The fourth-order valence-electron chi connectivity index (χ4n) is 2.39. The number of hydrogen-bond acceptors (Lipinski definition) is 4. The molecule has 0 aliphatic carbocycles. The quantitative estimate of drug-likeness (QED) is 0.835. The van der Waals surface area contributed by atoms with Gasteiger partial charge in [-0.25, -0.2) is 0 Å². The highest BCUT2D eigenvalue weighted by atomic mass is 32.2. The summed E-state index contributed by atoms with van der Waals surface area (Å²) < 4.78 is 5.45. The fourth-order valence-corrected chi connectivity index (χ4v) is 3.28. The summed E-state index contributed by atoms with van der Waals surface area (Å²) in [5, 5.41) is 0. The van der Waals surface area contributed by atoms with E-state index >= 15 is 0 Å². The predicted molar refractivity (Wildman–Crippen MR) is 81.6 cm³/mol. The van der Waals surface area contributed by atoms with Gasteiger partial charge in [-0.3, -0.25) is 9.78 Å². The van der Waals surface area contributed by atoms with Gasteiger partial charge in [0.1, 0.15) is 0 Å². The van der Waals surface area contributed by atoms with Crippen LogP contribution in [-0.4, -0.2) is 47.8 Å². The first-order chi connectivity index (χ1) is 9.70. The minimum atomic E-state index is 0.179. The number of carbonyl (C=O) groups is 1. The second-order valence-corrected chi connectivity index (χ2v) is 6.21. The number of piperidine rings is 1. The molecule has 0 spiro atoms. The van der Waals surface area contributed by atoms with E-state index in [-0.39, 0.29) is 12.0 Å². The van der Waals surface area contributed by atoms with Gasteiger partial charge in [0.2, 0.25) is 5.91 Å². The van der Waals surface area contributed by atoms with Gasteiger partial charge in [-0.2, -0.15) is 0 Å². The number of aromatic nitrogens is 1. The Bertz CT molecular complexity index is 427. The molecule has 4 nitrogen and oxygen atoms in total. The van der Waals surface area contributed by atoms with Crippen molar-refractivity contribution in [2.45, 2.75) is 25.2 Å². The summed E-state index contributed by atoms with van der Waals surface area (Å²) in [7, 11) is 1.73. The lowest BCUT2D eigenvalue weighted by Crippen LogP contribution is -2.47. The molecule has 2 atom stereocenters. The maximum atomic E-state index is 12.2. The Balaban J connectivity index is 1.75. The van der Waals surface area contributed by atoms with Crippen LogP contribution >= 0.6 is 11.8 Å². The van der Waals surface area contributed by atoms with Crippen molar-refractivity contribution in [2.24, 2.45) is 5.92 Å². The Hall–Kier alpha value is -1.07. The molecule has 1 aromatic heterocycles. The SMILES string of the molecule is COC1CN(C(=O)CSCc2ccncc2)CCC1C. The number of carbonyl (C=O) groups excluding carboxylic acids is 1. The van der Waals surface area contributed by atoms with Gasteiger partial charge >= 0.3 is 0 Å². The van der Waals surface area contributed by atoms with E-state index in [4.69, 9.17) is 4.74 Å². The number of ether oxygens (including phenoxy) is 1. The van der Waals surface area contributed by atoms with Crippen molar-refractivity contribution < 1.29 is 9.53 Å². The monoisotopic (exact) mass is 294 g/mol. The average Bonchev–Trinajstić information content (AvgIpc) is 2.48. The normalized spacial score (nSPS) is 22.8. The summed E-state index contributed by atoms with van der Waals surface area (Å²) in [5.41, 5.74) is 1.21. The molecular weight excluding hydrogens is 272 g/mol. The molecule has 1 saturated heterocycles. The van der Waals surface area contributed by atoms with Crippen molar-refractivity contribution in [3.63, 3.8) is 0 Å². The lowest BCUT2D eigenvalue weighted by Gasteiger charge is -2.36. The lowest BCUT2D eigenvalue weighted by molar-refractivity contribution is -0.133. The standard InChI is InChI=1S/C15H22N2O2S/c1-12-5-8-17(9-14(12)19-2)15(18)11-20-10-13-3-6-16-7-4-13/h3-4,6-7,12,14H,5,8-11H2,1-2H3. The van der Waals surface area contributed by atoms with Gasteiger partial charge in [-0.15, -0.1) is 11.8 Å². The molecule has 2 heterocycles. The zero-order valence-corrected chi connectivity index (χ0v) is 12.9. The summed E-state index contributed by atoms with van der Waals surface area (Å²) in [6.07, 6.45) is 4.77. The van der Waals surface area contributed by atoms with Gasteiger partial charge in [-0.1, -0.05) is 6.92 Å². The Kier molecular flexibility index (Phi) is 5.86. The number of thioether (sulfide) groups is 1. The van der Waals surface area contributed by atoms with E-state index in [1.54, 1.807) is 31.3 Å². The molecule has 0 radical (unpaired) electrons. The number of methoxy groups -OCH3 is 1. The number of pyridine rings is 1. The number of rotatable bonds is 5. The van der Waals surface area contributed by atoms with Crippen molar-refractivity contribution in [1.82, 2.24) is 9.88 Å². The van der Waals surface area contributed by atoms with Crippen LogP contribution in [0.15, 0.2) is 24.5 Å². The van der Waals surface area contributed by atoms with Crippen LogP contribution in [0.1, 0.15) is 18.9 Å². The topological polar surface area (TPSA) is 42.4 Å². The van der Waals surface area contributed by atoms with Crippen LogP contribution in [0.2, 0.25) is 0 Å². The smallest absolute Gasteiger partial charge is 0.232 e. The van der Waals surface area contributed by atoms with Crippen molar-refractivity contribution in [2.75, 3.05) is 26.0 Å². The molecule has 1 aliphatic heterocycles. The molecular formula is C15H22N2O2S. The number of nitrogens with zero attached hydrogens (tertiary/aromatic N) is 2. The zero-order valence-electron chi connectivity index (χ0n) is 12.1. The van der Waals surface area contributed by atoms with Crippen LogP contribution in [0.5, 0.6) is 0 Å². The van der Waals surface area contributed by atoms with Gasteiger partial charge in [-0.05, 0) is 30.0 Å². The maximum absolute atomic E-state index is 12.2. The van der Waals surface area contributed by atoms with Crippen LogP contribution in [0.25, 0.3) is 0 Å². The molecule has 1 aliphatic rings. The van der Waals surface area contributed by atoms with E-state index in [0.29, 0.717) is 11.7 Å². The molecule has 5 heteroatoms. The minimum Gasteiger partial charge on any atom is -0.379 e. The van der Waals surface area contributed by atoms with E-state index in [1.807, 2.05) is 17.0 Å². The summed E-state index contributed by atoms with van der Waals surface area (Å²) in [6, 6.07) is 3.97. The molecule has 0 aromatic carbocycles. The van der Waals surface area contributed by atoms with E-state index < -0.39 is 0 Å². The molecule has 1 fully saturated rings. The molecule has 20 heavy (non-hydrogen) atoms. The van der Waals surface area contributed by atoms with Crippen LogP contribution in [0.4, 0.5) is 0 Å². The fraction of sp³-hybridized carbons (Fsp3) is 0.600. The number of hydrogen-bond donors (Lipinski definition) is 0. The van der Waals surface area contributed by atoms with Crippen LogP contribution in [0, 0.1) is 5.92 Å². The first-order valence-electron chi connectivity index (χ1n) is 6.98. The summed E-state index contributed by atoms with van der Waals surface area (Å²) in [4.78, 5) is 18.1. The maximum Gasteiger partial charge on any atom is 0.232 e. The first kappa shape index (κ1) is 15.3. The van der Waals surface area contributed by atoms with Gasteiger partial charge in [0.05, 0.1) is 11.9 Å². The van der Waals surface area contributed by atoms with Crippen molar-refractivity contribution in [1.29, 1.82) is 0 Å². The van der Waals surface area contributed by atoms with Gasteiger partial charge in [0.15, 0.2) is 0 Å². The first-order valence-corrected chi connectivity index (χ1v) is 8.13. The third kappa shape index (κ3) is 4.21. The average molecular weight is 294 g/mol.